The van der Waals surface area contributed by atoms with Crippen LogP contribution in [0.15, 0.2) is 23.7 Å². The number of nitrogens with two attached hydrogens (primary N) is 1. The minimum absolute atomic E-state index is 0.00431. The molecule has 0 radical (unpaired) electrons. The first-order valence-electron chi connectivity index (χ1n) is 7.01. The Kier molecular flexibility index (Phi) is 4.44. The zero-order valence-corrected chi connectivity index (χ0v) is 13.5. The molecular weight excluding hydrogens is 322 g/mol. The maximum Gasteiger partial charge on any atom is 0.265 e. The molecule has 0 aliphatic carbocycles. The molecule has 0 bridgehead atoms. The summed E-state index contributed by atoms with van der Waals surface area (Å²) in [6, 6.07) is 3.42. The minimum atomic E-state index is -0.00431. The molecule has 1 fully saturated rings. The average Bonchev–Trinajstić information content (AvgIpc) is 2.79. The van der Waals surface area contributed by atoms with E-state index in [0.29, 0.717) is 41.3 Å². The summed E-state index contributed by atoms with van der Waals surface area (Å²) < 4.78 is 0. The average molecular weight is 338 g/mol. The van der Waals surface area contributed by atoms with Gasteiger partial charge < -0.3 is 15.5 Å². The van der Waals surface area contributed by atoms with Gasteiger partial charge in [-0.1, -0.05) is 11.6 Å². The van der Waals surface area contributed by atoms with Gasteiger partial charge in [0.25, 0.3) is 5.91 Å². The van der Waals surface area contributed by atoms with E-state index in [0.717, 1.165) is 13.0 Å². The molecule has 1 amide bonds. The number of amides is 1. The van der Waals surface area contributed by atoms with E-state index in [1.54, 1.807) is 18.3 Å². The molecule has 0 aromatic carbocycles. The Morgan fingerprint density at radius 2 is 2.14 bits per heavy atom. The topological polar surface area (TPSA) is 75.3 Å². The van der Waals surface area contributed by atoms with Gasteiger partial charge in [-0.25, -0.2) is 4.98 Å². The van der Waals surface area contributed by atoms with Crippen molar-refractivity contribution in [3.05, 3.63) is 33.6 Å². The van der Waals surface area contributed by atoms with E-state index in [2.05, 4.69) is 14.9 Å². The van der Waals surface area contributed by atoms with Crippen LogP contribution in [0.1, 0.15) is 16.1 Å². The molecule has 1 aliphatic heterocycles. The molecule has 0 spiro atoms. The van der Waals surface area contributed by atoms with Crippen LogP contribution in [0.2, 0.25) is 5.02 Å². The predicted octanol–water partition coefficient (Wildman–Crippen LogP) is 2.13. The second-order valence-electron chi connectivity index (χ2n) is 5.01. The highest BCUT2D eigenvalue weighted by atomic mass is 35.5. The summed E-state index contributed by atoms with van der Waals surface area (Å²) in [7, 11) is 0. The fraction of sp³-hybridized carbons (Fsp3) is 0.357. The first kappa shape index (κ1) is 15.1. The highest BCUT2D eigenvalue weighted by molar-refractivity contribution is 7.12. The van der Waals surface area contributed by atoms with Gasteiger partial charge in [0.05, 0.1) is 5.02 Å². The largest absolute Gasteiger partial charge is 0.384 e. The molecule has 3 rings (SSSR count). The Labute approximate surface area is 137 Å². The van der Waals surface area contributed by atoms with Gasteiger partial charge in [-0.3, -0.25) is 4.79 Å². The molecule has 1 saturated heterocycles. The Bertz CT molecular complexity index is 677. The van der Waals surface area contributed by atoms with Crippen LogP contribution >= 0.6 is 22.9 Å². The van der Waals surface area contributed by atoms with Gasteiger partial charge in [-0.15, -0.1) is 11.3 Å². The van der Waals surface area contributed by atoms with Gasteiger partial charge in [0.1, 0.15) is 10.7 Å². The van der Waals surface area contributed by atoms with E-state index in [9.17, 15) is 4.79 Å². The molecule has 2 aromatic rings. The molecule has 2 aromatic heterocycles. The molecule has 2 N–H and O–H groups in total. The maximum atomic E-state index is 12.5. The quantitative estimate of drug-likeness (QED) is 0.908. The molecule has 116 valence electrons. The summed E-state index contributed by atoms with van der Waals surface area (Å²) in [5.74, 6) is 1.06. The summed E-state index contributed by atoms with van der Waals surface area (Å²) >= 11 is 7.43. The lowest BCUT2D eigenvalue weighted by molar-refractivity contribution is 0.0772. The Morgan fingerprint density at radius 1 is 1.27 bits per heavy atom. The highest BCUT2D eigenvalue weighted by Gasteiger charge is 2.23. The van der Waals surface area contributed by atoms with Crippen LogP contribution in [-0.4, -0.2) is 47.0 Å². The fourth-order valence-electron chi connectivity index (χ4n) is 2.42. The molecule has 0 atom stereocenters. The third-order valence-corrected chi connectivity index (χ3v) is 4.87. The molecular formula is C14H16ClN5OS. The zero-order chi connectivity index (χ0) is 15.5. The van der Waals surface area contributed by atoms with Gasteiger partial charge >= 0.3 is 0 Å². The van der Waals surface area contributed by atoms with Crippen LogP contribution in [0.4, 0.5) is 11.8 Å². The van der Waals surface area contributed by atoms with Crippen molar-refractivity contribution in [3.63, 3.8) is 0 Å². The zero-order valence-electron chi connectivity index (χ0n) is 11.9. The lowest BCUT2D eigenvalue weighted by Crippen LogP contribution is -2.35. The van der Waals surface area contributed by atoms with E-state index in [1.807, 2.05) is 10.3 Å². The maximum absolute atomic E-state index is 12.5. The first-order valence-corrected chi connectivity index (χ1v) is 8.26. The van der Waals surface area contributed by atoms with Gasteiger partial charge in [0, 0.05) is 32.4 Å². The van der Waals surface area contributed by atoms with Crippen LogP contribution in [-0.2, 0) is 0 Å². The van der Waals surface area contributed by atoms with Gasteiger partial charge in [-0.05, 0) is 23.9 Å². The van der Waals surface area contributed by atoms with Crippen LogP contribution in [0.25, 0.3) is 0 Å². The number of halogens is 1. The Balaban J connectivity index is 1.70. The van der Waals surface area contributed by atoms with E-state index in [1.165, 1.54) is 11.3 Å². The van der Waals surface area contributed by atoms with Crippen molar-refractivity contribution >= 4 is 40.6 Å². The fourth-order valence-corrected chi connectivity index (χ4v) is 3.53. The number of carbonyl (C=O) groups excluding carboxylic acids is 1. The standard InChI is InChI=1S/C14H16ClN5OS/c15-10-3-9-22-12(10)13(21)19-5-1-6-20(8-7-19)14-17-4-2-11(16)18-14/h2-4,9H,1,5-8H2,(H2,16,17,18). The lowest BCUT2D eigenvalue weighted by atomic mass is 10.3. The summed E-state index contributed by atoms with van der Waals surface area (Å²) in [4.78, 5) is 25.5. The number of hydrogen-bond donors (Lipinski definition) is 1. The van der Waals surface area contributed by atoms with Crippen LogP contribution < -0.4 is 10.6 Å². The van der Waals surface area contributed by atoms with Crippen LogP contribution in [0, 0.1) is 0 Å². The van der Waals surface area contributed by atoms with Crippen LogP contribution in [0.3, 0.4) is 0 Å². The Morgan fingerprint density at radius 3 is 2.86 bits per heavy atom. The normalized spacial score (nSPS) is 15.7. The highest BCUT2D eigenvalue weighted by Crippen LogP contribution is 2.24. The molecule has 22 heavy (non-hydrogen) atoms. The second kappa shape index (κ2) is 6.50. The van der Waals surface area contributed by atoms with E-state index >= 15 is 0 Å². The summed E-state index contributed by atoms with van der Waals surface area (Å²) in [6.45, 7) is 2.79. The van der Waals surface area contributed by atoms with Crippen molar-refractivity contribution in [2.24, 2.45) is 0 Å². The van der Waals surface area contributed by atoms with Crippen molar-refractivity contribution in [2.45, 2.75) is 6.42 Å². The number of nitrogen functional groups attached to an aromatic ring is 1. The number of anilines is 2. The third kappa shape index (κ3) is 3.15. The number of aromatic nitrogens is 2. The second-order valence-corrected chi connectivity index (χ2v) is 6.34. The van der Waals surface area contributed by atoms with Crippen molar-refractivity contribution in [1.29, 1.82) is 0 Å². The molecule has 6 nitrogen and oxygen atoms in total. The van der Waals surface area contributed by atoms with Crippen molar-refractivity contribution in [1.82, 2.24) is 14.9 Å². The van der Waals surface area contributed by atoms with Crippen molar-refractivity contribution < 1.29 is 4.79 Å². The lowest BCUT2D eigenvalue weighted by Gasteiger charge is -2.22. The van der Waals surface area contributed by atoms with Gasteiger partial charge in [0.2, 0.25) is 5.95 Å². The minimum Gasteiger partial charge on any atom is -0.384 e. The number of nitrogens with zero attached hydrogens (tertiary/aromatic N) is 4. The van der Waals surface area contributed by atoms with Crippen LogP contribution in [0.5, 0.6) is 0 Å². The van der Waals surface area contributed by atoms with E-state index in [-0.39, 0.29) is 5.91 Å². The van der Waals surface area contributed by atoms with Gasteiger partial charge in [0.15, 0.2) is 0 Å². The third-order valence-electron chi connectivity index (χ3n) is 3.54. The van der Waals surface area contributed by atoms with E-state index < -0.39 is 0 Å². The monoisotopic (exact) mass is 337 g/mol. The smallest absolute Gasteiger partial charge is 0.265 e. The SMILES string of the molecule is Nc1ccnc(N2CCCN(C(=O)c3sccc3Cl)CC2)n1. The molecule has 3 heterocycles. The molecule has 0 saturated carbocycles. The van der Waals surface area contributed by atoms with E-state index in [4.69, 9.17) is 17.3 Å². The summed E-state index contributed by atoms with van der Waals surface area (Å²) in [5, 5.41) is 2.36. The predicted molar refractivity (Wildman–Crippen MR) is 88.5 cm³/mol. The number of hydrogen-bond acceptors (Lipinski definition) is 6. The van der Waals surface area contributed by atoms with Crippen molar-refractivity contribution in [3.8, 4) is 0 Å². The molecule has 1 aliphatic rings. The number of carbonyl (C=O) groups is 1. The summed E-state index contributed by atoms with van der Waals surface area (Å²) in [6.07, 6.45) is 2.50. The first-order chi connectivity index (χ1) is 10.6. The molecule has 0 unspecified atom stereocenters. The van der Waals surface area contributed by atoms with Crippen molar-refractivity contribution in [2.75, 3.05) is 36.8 Å². The van der Waals surface area contributed by atoms with Gasteiger partial charge in [-0.2, -0.15) is 4.98 Å². The summed E-state index contributed by atoms with van der Waals surface area (Å²) in [5.41, 5.74) is 5.71. The molecule has 8 heteroatoms. The number of thiophene rings is 1. The number of rotatable bonds is 2. The Hall–Kier alpha value is -1.86.